The third-order valence-corrected chi connectivity index (χ3v) is 2.00. The zero-order valence-electron chi connectivity index (χ0n) is 9.34. The van der Waals surface area contributed by atoms with Crippen molar-refractivity contribution in [2.45, 2.75) is 0 Å². The van der Waals surface area contributed by atoms with Gasteiger partial charge in [-0.2, -0.15) is 0 Å². The highest BCUT2D eigenvalue weighted by Crippen LogP contribution is 2.10. The second kappa shape index (κ2) is 6.90. The van der Waals surface area contributed by atoms with Gasteiger partial charge in [0.15, 0.2) is 0 Å². The Bertz CT molecular complexity index is 436. The van der Waals surface area contributed by atoms with Gasteiger partial charge in [0, 0.05) is 5.69 Å². The highest BCUT2D eigenvalue weighted by Gasteiger charge is 1.85. The van der Waals surface area contributed by atoms with Crippen molar-refractivity contribution in [3.05, 3.63) is 54.6 Å². The highest BCUT2D eigenvalue weighted by atomic mass is 16.1. The molecule has 0 saturated carbocycles. The maximum Gasteiger partial charge on any atom is 0.211 e. The van der Waals surface area contributed by atoms with Crippen molar-refractivity contribution in [3.8, 4) is 0 Å². The zero-order chi connectivity index (χ0) is 12.5. The predicted molar refractivity (Wildman–Crippen MR) is 71.4 cm³/mol. The van der Waals surface area contributed by atoms with Crippen LogP contribution in [0.1, 0.15) is 0 Å². The van der Waals surface area contributed by atoms with Crippen LogP contribution in [0.25, 0.3) is 0 Å². The van der Waals surface area contributed by atoms with Gasteiger partial charge in [-0.1, -0.05) is 30.3 Å². The summed E-state index contributed by atoms with van der Waals surface area (Å²) in [6, 6.07) is 16.5. The van der Waals surface area contributed by atoms with Crippen molar-refractivity contribution in [2.75, 3.05) is 16.8 Å². The number of rotatable bonds is 2. The molecule has 0 bridgehead atoms. The molecule has 88 valence electrons. The van der Waals surface area contributed by atoms with E-state index in [4.69, 9.17) is 11.5 Å². The number of amides is 1. The van der Waals surface area contributed by atoms with E-state index in [1.165, 1.54) is 0 Å². The van der Waals surface area contributed by atoms with Crippen molar-refractivity contribution < 1.29 is 4.79 Å². The molecule has 17 heavy (non-hydrogen) atoms. The Balaban J connectivity index is 0.000000171. The van der Waals surface area contributed by atoms with Crippen LogP contribution in [0.2, 0.25) is 0 Å². The van der Waals surface area contributed by atoms with Crippen molar-refractivity contribution in [1.29, 1.82) is 0 Å². The van der Waals surface area contributed by atoms with E-state index in [0.717, 1.165) is 5.69 Å². The molecular formula is C13H15N3O. The lowest BCUT2D eigenvalue weighted by molar-refractivity contribution is -0.105. The first-order valence-electron chi connectivity index (χ1n) is 5.09. The molecule has 0 saturated heterocycles. The van der Waals surface area contributed by atoms with Crippen LogP contribution in [-0.4, -0.2) is 6.41 Å². The number of nitrogen functional groups attached to an aromatic ring is 2. The van der Waals surface area contributed by atoms with E-state index in [1.54, 1.807) is 12.1 Å². The summed E-state index contributed by atoms with van der Waals surface area (Å²) in [4.78, 5) is 9.86. The molecule has 0 unspecified atom stereocenters. The van der Waals surface area contributed by atoms with Crippen LogP contribution in [0, 0.1) is 0 Å². The smallest absolute Gasteiger partial charge is 0.211 e. The van der Waals surface area contributed by atoms with E-state index in [1.807, 2.05) is 42.5 Å². The summed E-state index contributed by atoms with van der Waals surface area (Å²) in [6.07, 6.45) is 0.662. The topological polar surface area (TPSA) is 81.1 Å². The Morgan fingerprint density at radius 2 is 1.29 bits per heavy atom. The lowest BCUT2D eigenvalue weighted by Crippen LogP contribution is -1.91. The number of hydrogen-bond donors (Lipinski definition) is 3. The molecule has 0 spiro atoms. The molecule has 2 rings (SSSR count). The first-order valence-corrected chi connectivity index (χ1v) is 5.09. The van der Waals surface area contributed by atoms with Crippen LogP contribution in [0.4, 0.5) is 17.1 Å². The number of anilines is 3. The van der Waals surface area contributed by atoms with Gasteiger partial charge in [-0.15, -0.1) is 0 Å². The normalized spacial score (nSPS) is 8.71. The maximum absolute atomic E-state index is 9.86. The molecule has 2 aromatic carbocycles. The van der Waals surface area contributed by atoms with Crippen molar-refractivity contribution in [1.82, 2.24) is 0 Å². The van der Waals surface area contributed by atoms with Crippen molar-refractivity contribution >= 4 is 23.5 Å². The summed E-state index contributed by atoms with van der Waals surface area (Å²) in [7, 11) is 0. The van der Waals surface area contributed by atoms with Crippen LogP contribution in [-0.2, 0) is 4.79 Å². The van der Waals surface area contributed by atoms with Gasteiger partial charge >= 0.3 is 0 Å². The number of nitrogens with one attached hydrogen (secondary N) is 1. The molecule has 0 aliphatic carbocycles. The van der Waals surface area contributed by atoms with Gasteiger partial charge in [0.05, 0.1) is 11.4 Å². The van der Waals surface area contributed by atoms with Crippen LogP contribution < -0.4 is 16.8 Å². The minimum atomic E-state index is 0.646. The second-order valence-electron chi connectivity index (χ2n) is 3.26. The second-order valence-corrected chi connectivity index (χ2v) is 3.26. The number of carbonyl (C=O) groups excluding carboxylic acids is 1. The maximum atomic E-state index is 9.86. The van der Waals surface area contributed by atoms with Crippen molar-refractivity contribution in [2.24, 2.45) is 0 Å². The highest BCUT2D eigenvalue weighted by molar-refractivity contribution is 5.70. The van der Waals surface area contributed by atoms with Gasteiger partial charge in [0.1, 0.15) is 0 Å². The fraction of sp³-hybridized carbons (Fsp3) is 0. The largest absolute Gasteiger partial charge is 0.397 e. The fourth-order valence-electron chi connectivity index (χ4n) is 1.11. The number of hydrogen-bond acceptors (Lipinski definition) is 3. The van der Waals surface area contributed by atoms with Crippen LogP contribution in [0.5, 0.6) is 0 Å². The molecule has 0 fully saturated rings. The quantitative estimate of drug-likeness (QED) is 0.545. The third kappa shape index (κ3) is 4.70. The molecule has 0 radical (unpaired) electrons. The molecule has 0 heterocycles. The number of carbonyl (C=O) groups is 1. The average Bonchev–Trinajstić information content (AvgIpc) is 2.36. The zero-order valence-corrected chi connectivity index (χ0v) is 9.34. The van der Waals surface area contributed by atoms with Gasteiger partial charge in [0.25, 0.3) is 0 Å². The minimum Gasteiger partial charge on any atom is -0.397 e. The minimum absolute atomic E-state index is 0.646. The SMILES string of the molecule is Nc1ccccc1N.O=CNc1ccccc1. The molecule has 0 aliphatic rings. The average molecular weight is 229 g/mol. The Kier molecular flexibility index (Phi) is 5.10. The van der Waals surface area contributed by atoms with Gasteiger partial charge in [0.2, 0.25) is 6.41 Å². The molecule has 0 aromatic heterocycles. The summed E-state index contributed by atoms with van der Waals surface area (Å²) >= 11 is 0. The van der Waals surface area contributed by atoms with E-state index in [0.29, 0.717) is 17.8 Å². The van der Waals surface area contributed by atoms with E-state index < -0.39 is 0 Å². The van der Waals surface area contributed by atoms with Crippen LogP contribution >= 0.6 is 0 Å². The standard InChI is InChI=1S/C7H7NO.C6H8N2/c9-6-8-7-4-2-1-3-5-7;7-5-3-1-2-4-6(5)8/h1-6H,(H,8,9);1-4H,7-8H2. The predicted octanol–water partition coefficient (Wildman–Crippen LogP) is 2.11. The number of nitrogens with two attached hydrogens (primary N) is 2. The Hall–Kier alpha value is -2.49. The molecular weight excluding hydrogens is 214 g/mol. The molecule has 4 heteroatoms. The first kappa shape index (κ1) is 12.6. The number of benzene rings is 2. The molecule has 5 N–H and O–H groups in total. The van der Waals surface area contributed by atoms with Gasteiger partial charge in [-0.25, -0.2) is 0 Å². The summed E-state index contributed by atoms with van der Waals surface area (Å²) < 4.78 is 0. The van der Waals surface area contributed by atoms with Gasteiger partial charge in [-0.05, 0) is 24.3 Å². The summed E-state index contributed by atoms with van der Waals surface area (Å²) in [6.45, 7) is 0. The molecule has 1 amide bonds. The van der Waals surface area contributed by atoms with E-state index in [2.05, 4.69) is 5.32 Å². The summed E-state index contributed by atoms with van der Waals surface area (Å²) in [5.41, 5.74) is 12.9. The lowest BCUT2D eigenvalue weighted by atomic mass is 10.3. The van der Waals surface area contributed by atoms with Gasteiger partial charge in [-0.3, -0.25) is 4.79 Å². The first-order chi connectivity index (χ1) is 8.24. The summed E-state index contributed by atoms with van der Waals surface area (Å²) in [5.74, 6) is 0. The molecule has 0 aliphatic heterocycles. The number of para-hydroxylation sites is 3. The third-order valence-electron chi connectivity index (χ3n) is 2.00. The fourth-order valence-corrected chi connectivity index (χ4v) is 1.11. The van der Waals surface area contributed by atoms with Crippen molar-refractivity contribution in [3.63, 3.8) is 0 Å². The van der Waals surface area contributed by atoms with Crippen LogP contribution in [0.3, 0.4) is 0 Å². The monoisotopic (exact) mass is 229 g/mol. The molecule has 0 atom stereocenters. The molecule has 2 aromatic rings. The van der Waals surface area contributed by atoms with E-state index in [9.17, 15) is 4.79 Å². The Morgan fingerprint density at radius 1 is 0.824 bits per heavy atom. The van der Waals surface area contributed by atoms with Crippen LogP contribution in [0.15, 0.2) is 54.6 Å². The van der Waals surface area contributed by atoms with E-state index >= 15 is 0 Å². The summed E-state index contributed by atoms with van der Waals surface area (Å²) in [5, 5.41) is 2.53. The Morgan fingerprint density at radius 3 is 1.71 bits per heavy atom. The molecule has 4 nitrogen and oxygen atoms in total. The Labute approximate surface area is 100 Å². The lowest BCUT2D eigenvalue weighted by Gasteiger charge is -1.94. The van der Waals surface area contributed by atoms with E-state index in [-0.39, 0.29) is 0 Å². The van der Waals surface area contributed by atoms with Gasteiger partial charge < -0.3 is 16.8 Å².